The van der Waals surface area contributed by atoms with Gasteiger partial charge in [-0.1, -0.05) is 73.7 Å². The van der Waals surface area contributed by atoms with Gasteiger partial charge in [-0.2, -0.15) is 0 Å². The van der Waals surface area contributed by atoms with Crippen molar-refractivity contribution < 1.29 is 19.2 Å². The molecule has 8 heteroatoms. The number of ketones is 1. The number of nitrogens with zero attached hydrogens (tertiary/aromatic N) is 1. The molecule has 3 aromatic rings. The Morgan fingerprint density at radius 1 is 0.927 bits per heavy atom. The van der Waals surface area contributed by atoms with Crippen LogP contribution in [-0.2, 0) is 33.8 Å². The molecule has 0 aromatic heterocycles. The molecule has 0 unspecified atom stereocenters. The molecule has 2 atom stereocenters. The van der Waals surface area contributed by atoms with Crippen LogP contribution in [0.15, 0.2) is 72.8 Å². The average Bonchev–Trinajstić information content (AvgIpc) is 2.99. The van der Waals surface area contributed by atoms with Gasteiger partial charge >= 0.3 is 0 Å². The van der Waals surface area contributed by atoms with Gasteiger partial charge in [-0.25, -0.2) is 0 Å². The van der Waals surface area contributed by atoms with Crippen molar-refractivity contribution >= 4 is 29.2 Å². The Morgan fingerprint density at radius 2 is 1.63 bits per heavy atom. The molecular weight excluding hydrogens is 516 g/mol. The van der Waals surface area contributed by atoms with Gasteiger partial charge in [0.1, 0.15) is 12.1 Å². The number of aryl methyl sites for hydroxylation is 1. The number of nitrogens with two attached hydrogens (primary N) is 1. The Bertz CT molecular complexity index is 1410. The topological polar surface area (TPSA) is 122 Å². The highest BCUT2D eigenvalue weighted by Gasteiger charge is 2.36. The van der Waals surface area contributed by atoms with E-state index in [4.69, 9.17) is 5.73 Å². The highest BCUT2D eigenvalue weighted by Crippen LogP contribution is 2.25. The molecule has 0 saturated heterocycles. The highest BCUT2D eigenvalue weighted by molar-refractivity contribution is 6.00. The maximum Gasteiger partial charge on any atom is 0.247 e. The highest BCUT2D eigenvalue weighted by atomic mass is 16.2. The van der Waals surface area contributed by atoms with Crippen LogP contribution < -0.4 is 16.4 Å². The maximum atomic E-state index is 13.7. The number of Topliss-reactive ketones (excluding diaryl/α,β-unsaturated/α-hetero) is 1. The summed E-state index contributed by atoms with van der Waals surface area (Å²) in [5.41, 5.74) is 11.1. The predicted molar refractivity (Wildman–Crippen MR) is 159 cm³/mol. The molecule has 0 aliphatic carbocycles. The van der Waals surface area contributed by atoms with E-state index in [0.717, 1.165) is 28.7 Å². The van der Waals surface area contributed by atoms with Crippen LogP contribution in [-0.4, -0.2) is 47.0 Å². The van der Waals surface area contributed by atoms with Crippen LogP contribution in [0.25, 0.3) is 0 Å². The van der Waals surface area contributed by atoms with Crippen LogP contribution in [0.4, 0.5) is 5.69 Å². The summed E-state index contributed by atoms with van der Waals surface area (Å²) in [6.07, 6.45) is 1.34. The molecule has 214 valence electrons. The van der Waals surface area contributed by atoms with Crippen LogP contribution in [0.3, 0.4) is 0 Å². The molecule has 0 bridgehead atoms. The summed E-state index contributed by atoms with van der Waals surface area (Å²) in [4.78, 5) is 54.7. The number of benzene rings is 3. The molecule has 8 nitrogen and oxygen atoms in total. The Morgan fingerprint density at radius 3 is 2.34 bits per heavy atom. The fourth-order valence-corrected chi connectivity index (χ4v) is 5.36. The molecule has 3 amide bonds. The lowest BCUT2D eigenvalue weighted by molar-refractivity contribution is -0.142. The van der Waals surface area contributed by atoms with Gasteiger partial charge in [0.25, 0.3) is 0 Å². The second-order valence-corrected chi connectivity index (χ2v) is 10.4. The van der Waals surface area contributed by atoms with E-state index in [9.17, 15) is 19.2 Å². The molecular formula is C33H38N4O4. The first-order valence-electron chi connectivity index (χ1n) is 14.2. The summed E-state index contributed by atoms with van der Waals surface area (Å²) in [7, 11) is 0. The number of rotatable bonds is 11. The first-order valence-corrected chi connectivity index (χ1v) is 14.2. The number of fused-ring (bicyclic) bond motifs is 1. The SMILES string of the molecule is CCc1c(C)cccc1NC(=O)[C@H](CCN)NC(=O)[C@@H]1Cc2ccccc2CN1C(=O)CCC(=O)c1ccccc1. The molecule has 3 aromatic carbocycles. The summed E-state index contributed by atoms with van der Waals surface area (Å²) < 4.78 is 0. The van der Waals surface area contributed by atoms with Crippen molar-refractivity contribution in [3.05, 3.63) is 101 Å². The second kappa shape index (κ2) is 13.9. The quantitative estimate of drug-likeness (QED) is 0.310. The van der Waals surface area contributed by atoms with E-state index >= 15 is 0 Å². The molecule has 1 heterocycles. The molecule has 0 saturated carbocycles. The third-order valence-electron chi connectivity index (χ3n) is 7.64. The maximum absolute atomic E-state index is 13.7. The lowest BCUT2D eigenvalue weighted by Crippen LogP contribution is -2.56. The Hall–Kier alpha value is -4.30. The van der Waals surface area contributed by atoms with Crippen LogP contribution in [0.2, 0.25) is 0 Å². The number of amides is 3. The van der Waals surface area contributed by atoms with Gasteiger partial charge in [0.05, 0.1) is 0 Å². The van der Waals surface area contributed by atoms with Gasteiger partial charge in [-0.15, -0.1) is 0 Å². The van der Waals surface area contributed by atoms with E-state index in [1.807, 2.05) is 62.4 Å². The van der Waals surface area contributed by atoms with Gasteiger partial charge in [0.2, 0.25) is 17.7 Å². The number of hydrogen-bond donors (Lipinski definition) is 3. The van der Waals surface area contributed by atoms with Gasteiger partial charge in [0, 0.05) is 37.1 Å². The van der Waals surface area contributed by atoms with Crippen molar-refractivity contribution in [2.75, 3.05) is 11.9 Å². The first-order chi connectivity index (χ1) is 19.8. The normalized spacial score (nSPS) is 15.0. The van der Waals surface area contributed by atoms with Crippen molar-refractivity contribution in [2.45, 2.75) is 64.6 Å². The zero-order valence-corrected chi connectivity index (χ0v) is 23.7. The standard InChI is InChI=1S/C33H38N4O4/c1-3-26-22(2)10-9-15-27(26)35-32(40)28(18-19-34)36-33(41)29-20-24-13-7-8-14-25(24)21-37(29)31(39)17-16-30(38)23-11-5-4-6-12-23/h4-15,28-29H,3,16-21,34H2,1-2H3,(H,35,40)(H,36,41)/t28-,29-/m0/s1. The van der Waals surface area contributed by atoms with E-state index in [2.05, 4.69) is 10.6 Å². The zero-order chi connectivity index (χ0) is 29.4. The smallest absolute Gasteiger partial charge is 0.247 e. The Balaban J connectivity index is 1.50. The lowest BCUT2D eigenvalue weighted by atomic mass is 9.92. The molecule has 4 rings (SSSR count). The van der Waals surface area contributed by atoms with Gasteiger partial charge in [-0.3, -0.25) is 19.2 Å². The minimum Gasteiger partial charge on any atom is -0.342 e. The fraction of sp³-hybridized carbons (Fsp3) is 0.333. The van der Waals surface area contributed by atoms with Crippen molar-refractivity contribution in [3.8, 4) is 0 Å². The first kappa shape index (κ1) is 29.7. The third kappa shape index (κ3) is 7.27. The lowest BCUT2D eigenvalue weighted by Gasteiger charge is -2.36. The number of anilines is 1. The van der Waals surface area contributed by atoms with Crippen LogP contribution in [0.1, 0.15) is 58.8 Å². The van der Waals surface area contributed by atoms with Crippen molar-refractivity contribution in [2.24, 2.45) is 5.73 Å². The molecule has 4 N–H and O–H groups in total. The van der Waals surface area contributed by atoms with Gasteiger partial charge < -0.3 is 21.3 Å². The number of hydrogen-bond acceptors (Lipinski definition) is 5. The minimum absolute atomic E-state index is 0.0143. The third-order valence-corrected chi connectivity index (χ3v) is 7.64. The monoisotopic (exact) mass is 554 g/mol. The molecule has 1 aliphatic rings. The molecule has 1 aliphatic heterocycles. The van der Waals surface area contributed by atoms with E-state index < -0.39 is 18.0 Å². The summed E-state index contributed by atoms with van der Waals surface area (Å²) in [5, 5.41) is 5.84. The molecule has 0 radical (unpaired) electrons. The van der Waals surface area contributed by atoms with Crippen LogP contribution >= 0.6 is 0 Å². The van der Waals surface area contributed by atoms with Crippen molar-refractivity contribution in [1.29, 1.82) is 0 Å². The second-order valence-electron chi connectivity index (χ2n) is 10.4. The van der Waals surface area contributed by atoms with E-state index in [1.54, 1.807) is 24.3 Å². The Labute approximate surface area is 241 Å². The van der Waals surface area contributed by atoms with Crippen LogP contribution in [0.5, 0.6) is 0 Å². The molecule has 41 heavy (non-hydrogen) atoms. The average molecular weight is 555 g/mol. The van der Waals surface area contributed by atoms with Crippen LogP contribution in [0, 0.1) is 6.92 Å². The van der Waals surface area contributed by atoms with Crippen molar-refractivity contribution in [1.82, 2.24) is 10.2 Å². The number of nitrogens with one attached hydrogen (secondary N) is 2. The number of carbonyl (C=O) groups is 4. The summed E-state index contributed by atoms with van der Waals surface area (Å²) in [6, 6.07) is 20.6. The Kier molecular flexibility index (Phi) is 10.0. The zero-order valence-electron chi connectivity index (χ0n) is 23.7. The summed E-state index contributed by atoms with van der Waals surface area (Å²) >= 11 is 0. The summed E-state index contributed by atoms with van der Waals surface area (Å²) in [6.45, 7) is 4.47. The predicted octanol–water partition coefficient (Wildman–Crippen LogP) is 3.95. The molecule has 0 fully saturated rings. The van der Waals surface area contributed by atoms with Gasteiger partial charge in [-0.05, 0) is 54.6 Å². The fourth-order valence-electron chi connectivity index (χ4n) is 5.36. The van der Waals surface area contributed by atoms with Gasteiger partial charge in [0.15, 0.2) is 5.78 Å². The van der Waals surface area contributed by atoms with Crippen molar-refractivity contribution in [3.63, 3.8) is 0 Å². The minimum atomic E-state index is -0.869. The van der Waals surface area contributed by atoms with E-state index in [-0.39, 0.29) is 49.9 Å². The number of carbonyl (C=O) groups excluding carboxylic acids is 4. The largest absolute Gasteiger partial charge is 0.342 e. The van der Waals surface area contributed by atoms with E-state index in [1.165, 1.54) is 4.90 Å². The summed E-state index contributed by atoms with van der Waals surface area (Å²) in [5.74, 6) is -1.18. The van der Waals surface area contributed by atoms with E-state index in [0.29, 0.717) is 17.7 Å². The molecule has 0 spiro atoms.